The number of hydrogen-bond donors (Lipinski definition) is 2. The molecule has 0 aliphatic carbocycles. The highest BCUT2D eigenvalue weighted by Gasteiger charge is 2.52. The Morgan fingerprint density at radius 2 is 0.944 bits per heavy atom. The Kier molecular flexibility index (Phi) is 10.3. The Bertz CT molecular complexity index is 685. The van der Waals surface area contributed by atoms with Gasteiger partial charge in [-0.05, 0) is 41.5 Å². The molecule has 2 aliphatic rings. The largest absolute Gasteiger partial charge is 0.444 e. The van der Waals surface area contributed by atoms with Gasteiger partial charge in [-0.1, -0.05) is 0 Å². The van der Waals surface area contributed by atoms with Gasteiger partial charge in [0.2, 0.25) is 0 Å². The van der Waals surface area contributed by atoms with Crippen LogP contribution >= 0.6 is 0 Å². The van der Waals surface area contributed by atoms with Crippen LogP contribution in [0, 0.1) is 23.7 Å². The Hall–Kier alpha value is -1.96. The summed E-state index contributed by atoms with van der Waals surface area (Å²) in [6.07, 6.45) is -10.4. The van der Waals surface area contributed by atoms with Crippen LogP contribution in [0.1, 0.15) is 41.5 Å². The van der Waals surface area contributed by atoms with E-state index in [0.717, 1.165) is 9.80 Å². The molecular formula is C22H36F6N2O6. The summed E-state index contributed by atoms with van der Waals surface area (Å²) in [4.78, 5) is 25.3. The predicted molar refractivity (Wildman–Crippen MR) is 116 cm³/mol. The highest BCUT2D eigenvalue weighted by Crippen LogP contribution is 2.38. The average molecular weight is 539 g/mol. The fourth-order valence-electron chi connectivity index (χ4n) is 3.81. The molecule has 2 fully saturated rings. The highest BCUT2D eigenvalue weighted by atomic mass is 19.4. The van der Waals surface area contributed by atoms with Crippen LogP contribution < -0.4 is 0 Å². The van der Waals surface area contributed by atoms with Crippen molar-refractivity contribution in [2.24, 2.45) is 23.7 Å². The quantitative estimate of drug-likeness (QED) is 0.515. The van der Waals surface area contributed by atoms with Crippen molar-refractivity contribution in [1.82, 2.24) is 9.80 Å². The minimum absolute atomic E-state index is 0.129. The number of aliphatic hydroxyl groups excluding tert-OH is 2. The van der Waals surface area contributed by atoms with Crippen LogP contribution in [0.4, 0.5) is 35.9 Å². The van der Waals surface area contributed by atoms with Crippen molar-refractivity contribution >= 4 is 12.2 Å². The van der Waals surface area contributed by atoms with Gasteiger partial charge in [0, 0.05) is 51.2 Å². The first-order chi connectivity index (χ1) is 16.1. The molecule has 0 bridgehead atoms. The van der Waals surface area contributed by atoms with E-state index in [2.05, 4.69) is 0 Å². The van der Waals surface area contributed by atoms with E-state index in [9.17, 15) is 35.9 Å². The molecule has 2 aliphatic heterocycles. The number of halogens is 6. The fourth-order valence-corrected chi connectivity index (χ4v) is 3.81. The van der Waals surface area contributed by atoms with Crippen molar-refractivity contribution in [2.75, 3.05) is 39.4 Å². The van der Waals surface area contributed by atoms with Crippen LogP contribution in [0.5, 0.6) is 0 Å². The van der Waals surface area contributed by atoms with Crippen LogP contribution in [0.25, 0.3) is 0 Å². The summed E-state index contributed by atoms with van der Waals surface area (Å²) in [7, 11) is 0. The summed E-state index contributed by atoms with van der Waals surface area (Å²) in [5.74, 6) is -5.32. The monoisotopic (exact) mass is 538 g/mol. The number of amides is 2. The molecule has 2 rings (SSSR count). The summed E-state index contributed by atoms with van der Waals surface area (Å²) >= 11 is 0. The van der Waals surface area contributed by atoms with E-state index in [1.807, 2.05) is 0 Å². The summed E-state index contributed by atoms with van der Waals surface area (Å²) in [6.45, 7) is 7.51. The van der Waals surface area contributed by atoms with E-state index >= 15 is 0 Å². The van der Waals surface area contributed by atoms with Crippen LogP contribution in [-0.2, 0) is 9.47 Å². The zero-order valence-corrected chi connectivity index (χ0v) is 21.2. The van der Waals surface area contributed by atoms with Gasteiger partial charge in [0.05, 0.1) is 11.8 Å². The number of carbonyl (C=O) groups excluding carboxylic acids is 2. The van der Waals surface area contributed by atoms with Crippen LogP contribution in [0.3, 0.4) is 0 Å². The first-order valence-electron chi connectivity index (χ1n) is 11.4. The summed E-state index contributed by atoms with van der Waals surface area (Å²) in [5.41, 5.74) is -1.50. The molecule has 0 aromatic rings. The van der Waals surface area contributed by atoms with Crippen molar-refractivity contribution < 1.29 is 55.6 Å². The van der Waals surface area contributed by atoms with E-state index in [0.29, 0.717) is 0 Å². The van der Waals surface area contributed by atoms with Crippen molar-refractivity contribution in [3.63, 3.8) is 0 Å². The molecule has 212 valence electrons. The summed E-state index contributed by atoms with van der Waals surface area (Å²) in [5, 5.41) is 17.9. The van der Waals surface area contributed by atoms with Gasteiger partial charge in [0.15, 0.2) is 0 Å². The number of carbonyl (C=O) groups is 2. The van der Waals surface area contributed by atoms with Gasteiger partial charge in [-0.3, -0.25) is 0 Å². The second-order valence-corrected chi connectivity index (χ2v) is 11.0. The topological polar surface area (TPSA) is 99.5 Å². The third kappa shape index (κ3) is 9.83. The standard InChI is InChI=1S/2C11H18F3NO3/c2*1-10(2,3)18-9(17)15-4-7(6-16)8(5-15)11(12,13)14/h2*7-8,16H,4-6H2,1-3H3/t2*7-,8+/m10/s1. The molecule has 14 heteroatoms. The molecule has 2 saturated heterocycles. The Morgan fingerprint density at radius 1 is 0.667 bits per heavy atom. The summed E-state index contributed by atoms with van der Waals surface area (Å²) < 4.78 is 86.1. The minimum atomic E-state index is -4.41. The van der Waals surface area contributed by atoms with E-state index in [-0.39, 0.29) is 13.1 Å². The maximum Gasteiger partial charge on any atom is 0.410 e. The van der Waals surface area contributed by atoms with Gasteiger partial charge in [-0.25, -0.2) is 9.59 Å². The molecule has 0 saturated carbocycles. The lowest BCUT2D eigenvalue weighted by molar-refractivity contribution is -0.183. The maximum absolute atomic E-state index is 12.7. The van der Waals surface area contributed by atoms with Crippen LogP contribution in [0.2, 0.25) is 0 Å². The van der Waals surface area contributed by atoms with Gasteiger partial charge in [-0.15, -0.1) is 0 Å². The highest BCUT2D eigenvalue weighted by molar-refractivity contribution is 5.69. The molecule has 36 heavy (non-hydrogen) atoms. The second kappa shape index (κ2) is 11.6. The Labute approximate surface area is 206 Å². The SMILES string of the molecule is CC(C)(C)OC(=O)N1C[C@@H](CO)[C@H](C(F)(F)F)C1.CC(C)(C)OC(=O)N1C[C@H](CO)[C@@H](C(F)(F)F)C1. The van der Waals surface area contributed by atoms with Gasteiger partial charge < -0.3 is 29.5 Å². The van der Waals surface area contributed by atoms with Gasteiger partial charge in [0.1, 0.15) is 11.2 Å². The first kappa shape index (κ1) is 32.1. The van der Waals surface area contributed by atoms with Crippen molar-refractivity contribution in [3.8, 4) is 0 Å². The fraction of sp³-hybridized carbons (Fsp3) is 0.909. The number of aliphatic hydroxyl groups is 2. The minimum Gasteiger partial charge on any atom is -0.444 e. The molecule has 0 radical (unpaired) electrons. The molecule has 0 aromatic heterocycles. The second-order valence-electron chi connectivity index (χ2n) is 11.0. The van der Waals surface area contributed by atoms with Gasteiger partial charge in [0.25, 0.3) is 0 Å². The van der Waals surface area contributed by atoms with Crippen LogP contribution in [0.15, 0.2) is 0 Å². The van der Waals surface area contributed by atoms with Gasteiger partial charge in [-0.2, -0.15) is 26.3 Å². The number of hydrogen-bond acceptors (Lipinski definition) is 6. The van der Waals surface area contributed by atoms with Crippen molar-refractivity contribution in [3.05, 3.63) is 0 Å². The smallest absolute Gasteiger partial charge is 0.410 e. The third-order valence-electron chi connectivity index (χ3n) is 5.50. The first-order valence-corrected chi connectivity index (χ1v) is 11.4. The Morgan fingerprint density at radius 3 is 1.11 bits per heavy atom. The molecule has 2 amide bonds. The van der Waals surface area contributed by atoms with Crippen LogP contribution in [-0.4, -0.2) is 95.1 Å². The third-order valence-corrected chi connectivity index (χ3v) is 5.50. The lowest BCUT2D eigenvalue weighted by Gasteiger charge is -2.24. The molecule has 8 nitrogen and oxygen atoms in total. The Balaban J connectivity index is 0.000000360. The van der Waals surface area contributed by atoms with E-state index in [1.54, 1.807) is 41.5 Å². The van der Waals surface area contributed by atoms with Crippen molar-refractivity contribution in [1.29, 1.82) is 0 Å². The zero-order valence-electron chi connectivity index (χ0n) is 21.2. The number of ether oxygens (including phenoxy) is 2. The lowest BCUT2D eigenvalue weighted by atomic mass is 9.97. The summed E-state index contributed by atoms with van der Waals surface area (Å²) in [6, 6.07) is 0. The number of nitrogens with zero attached hydrogens (tertiary/aromatic N) is 2. The van der Waals surface area contributed by atoms with Crippen molar-refractivity contribution in [2.45, 2.75) is 65.1 Å². The molecule has 2 N–H and O–H groups in total. The lowest BCUT2D eigenvalue weighted by Crippen LogP contribution is -2.36. The molecule has 0 aromatic carbocycles. The molecule has 2 heterocycles. The maximum atomic E-state index is 12.7. The predicted octanol–water partition coefficient (Wildman–Crippen LogP) is 4.05. The molecule has 0 spiro atoms. The molecule has 4 atom stereocenters. The molecule has 0 unspecified atom stereocenters. The van der Waals surface area contributed by atoms with E-state index < -0.39 is 85.7 Å². The van der Waals surface area contributed by atoms with Gasteiger partial charge >= 0.3 is 24.5 Å². The molecular weight excluding hydrogens is 502 g/mol. The zero-order chi connectivity index (χ0) is 28.3. The number of rotatable bonds is 2. The number of alkyl halides is 6. The van der Waals surface area contributed by atoms with E-state index in [4.69, 9.17) is 19.7 Å². The average Bonchev–Trinajstić information content (AvgIpc) is 3.30. The normalized spacial score (nSPS) is 25.4. The number of likely N-dealkylation sites (tertiary alicyclic amines) is 2. The van der Waals surface area contributed by atoms with E-state index in [1.165, 1.54) is 0 Å².